The van der Waals surface area contributed by atoms with Crippen LogP contribution in [-0.4, -0.2) is 0 Å². The zero-order valence-electron chi connectivity index (χ0n) is 8.26. The van der Waals surface area contributed by atoms with Gasteiger partial charge in [0.1, 0.15) is 0 Å². The third-order valence-electron chi connectivity index (χ3n) is 1.69. The van der Waals surface area contributed by atoms with E-state index in [0.29, 0.717) is 0 Å². The van der Waals surface area contributed by atoms with Crippen molar-refractivity contribution in [2.75, 3.05) is 0 Å². The fourth-order valence-electron chi connectivity index (χ4n) is 0.562. The van der Waals surface area contributed by atoms with Crippen LogP contribution in [0.5, 0.6) is 0 Å². The Morgan fingerprint density at radius 1 is 0.917 bits per heavy atom. The van der Waals surface area contributed by atoms with Crippen molar-refractivity contribution >= 4 is 0 Å². The van der Waals surface area contributed by atoms with Gasteiger partial charge in [0, 0.05) is 0 Å². The number of halogens is 2. The van der Waals surface area contributed by atoms with Gasteiger partial charge in [0.2, 0.25) is 0 Å². The minimum Gasteiger partial charge on any atom is -1.00 e. The summed E-state index contributed by atoms with van der Waals surface area (Å²) in [6.07, 6.45) is 3.10. The normalized spacial score (nSPS) is 8.58. The number of allylic oxidation sites excluding steroid dienone is 4. The first-order valence-corrected chi connectivity index (χ1v) is 3.25. The van der Waals surface area contributed by atoms with E-state index in [9.17, 15) is 0 Å². The average molecular weight is 242 g/mol. The van der Waals surface area contributed by atoms with E-state index < -0.39 is 0 Å². The van der Waals surface area contributed by atoms with Crippen molar-refractivity contribution in [3.8, 4) is 0 Å². The van der Waals surface area contributed by atoms with E-state index in [1.54, 1.807) is 0 Å². The van der Waals surface area contributed by atoms with E-state index in [0.717, 1.165) is 0 Å². The van der Waals surface area contributed by atoms with Gasteiger partial charge in [-0.2, -0.15) is 11.1 Å². The average Bonchev–Trinajstić information content (AvgIpc) is 1.84. The summed E-state index contributed by atoms with van der Waals surface area (Å²) in [5.41, 5.74) is 3.99. The molecule has 0 rings (SSSR count). The van der Waals surface area contributed by atoms with Gasteiger partial charge in [-0.25, -0.2) is 5.57 Å². The Bertz CT molecular complexity index is 156. The Morgan fingerprint density at radius 3 is 1.33 bits per heavy atom. The second kappa shape index (κ2) is 11.8. The molecule has 0 nitrogen and oxygen atoms in total. The molecule has 0 aliphatic carbocycles. The molecule has 0 bridgehead atoms. The summed E-state index contributed by atoms with van der Waals surface area (Å²) in [5.74, 6) is 0. The first-order chi connectivity index (χ1) is 4.09. The standard InChI is InChI=1S/C9H15.2ClH.Ti/c1-6-8(4)9(5)7(2)3;;;/h1-5H3;2*1H;/q-1;;;+3/p-2. The second-order valence-corrected chi connectivity index (χ2v) is 2.50. The summed E-state index contributed by atoms with van der Waals surface area (Å²) in [7, 11) is 0. The summed E-state index contributed by atoms with van der Waals surface area (Å²) >= 11 is 0. The van der Waals surface area contributed by atoms with E-state index in [-0.39, 0.29) is 46.5 Å². The molecule has 0 aromatic carbocycles. The topological polar surface area (TPSA) is 0 Å². The Hall–Kier alpha value is 0.774. The third-order valence-corrected chi connectivity index (χ3v) is 1.69. The third kappa shape index (κ3) is 8.87. The Labute approximate surface area is 104 Å². The summed E-state index contributed by atoms with van der Waals surface area (Å²) in [6.45, 7) is 10.4. The van der Waals surface area contributed by atoms with Gasteiger partial charge in [0.15, 0.2) is 0 Å². The molecule has 3 heteroatoms. The van der Waals surface area contributed by atoms with Crippen molar-refractivity contribution in [1.82, 2.24) is 0 Å². The van der Waals surface area contributed by atoms with Crippen molar-refractivity contribution < 1.29 is 46.5 Å². The monoisotopic (exact) mass is 241 g/mol. The number of rotatable bonds is 1. The molecule has 0 atom stereocenters. The molecule has 0 aliphatic heterocycles. The first kappa shape index (κ1) is 23.0. The van der Waals surface area contributed by atoms with Crippen molar-refractivity contribution in [3.05, 3.63) is 22.8 Å². The van der Waals surface area contributed by atoms with Gasteiger partial charge in [-0.1, -0.05) is 20.8 Å². The molecular formula is C9H15Cl2Ti. The van der Waals surface area contributed by atoms with E-state index in [4.69, 9.17) is 0 Å². The van der Waals surface area contributed by atoms with Gasteiger partial charge < -0.3 is 24.8 Å². The first-order valence-electron chi connectivity index (χ1n) is 3.25. The van der Waals surface area contributed by atoms with E-state index in [2.05, 4.69) is 33.8 Å². The molecule has 0 aromatic heterocycles. The van der Waals surface area contributed by atoms with Crippen molar-refractivity contribution in [3.63, 3.8) is 0 Å². The van der Waals surface area contributed by atoms with Gasteiger partial charge in [0.25, 0.3) is 0 Å². The Balaban J connectivity index is -0.000000107. The van der Waals surface area contributed by atoms with E-state index in [1.165, 1.54) is 16.7 Å². The van der Waals surface area contributed by atoms with Gasteiger partial charge in [-0.3, -0.25) is 6.08 Å². The minimum absolute atomic E-state index is 0. The van der Waals surface area contributed by atoms with Crippen LogP contribution in [0.3, 0.4) is 0 Å². The maximum absolute atomic E-state index is 3.10. The molecular weight excluding hydrogens is 227 g/mol. The molecule has 1 radical (unpaired) electrons. The Morgan fingerprint density at radius 2 is 1.25 bits per heavy atom. The van der Waals surface area contributed by atoms with Gasteiger partial charge >= 0.3 is 21.7 Å². The maximum Gasteiger partial charge on any atom is 3.00 e. The molecule has 0 aromatic rings. The SMILES string of the molecule is C[C-]=C(C)C(C)=C(C)C.[Cl-].[Cl-].[Ti+3]. The quantitative estimate of drug-likeness (QED) is 0.263. The minimum atomic E-state index is 0. The summed E-state index contributed by atoms with van der Waals surface area (Å²) in [5, 5.41) is 0. The molecule has 69 valence electrons. The molecule has 0 amide bonds. The number of hydrogen-bond donors (Lipinski definition) is 0. The van der Waals surface area contributed by atoms with Crippen LogP contribution >= 0.6 is 0 Å². The maximum atomic E-state index is 3.10. The van der Waals surface area contributed by atoms with Crippen LogP contribution in [0, 0.1) is 6.08 Å². The van der Waals surface area contributed by atoms with E-state index in [1.807, 2.05) is 6.92 Å². The van der Waals surface area contributed by atoms with Crippen LogP contribution in [0.4, 0.5) is 0 Å². The van der Waals surface area contributed by atoms with Crippen LogP contribution in [0.15, 0.2) is 16.7 Å². The van der Waals surface area contributed by atoms with Crippen LogP contribution in [0.2, 0.25) is 0 Å². The van der Waals surface area contributed by atoms with Crippen molar-refractivity contribution in [2.24, 2.45) is 0 Å². The zero-order chi connectivity index (χ0) is 7.44. The molecule has 0 saturated carbocycles. The second-order valence-electron chi connectivity index (χ2n) is 2.50. The van der Waals surface area contributed by atoms with Crippen molar-refractivity contribution in [2.45, 2.75) is 34.6 Å². The summed E-state index contributed by atoms with van der Waals surface area (Å²) in [4.78, 5) is 0. The zero-order valence-corrected chi connectivity index (χ0v) is 11.3. The molecule has 12 heavy (non-hydrogen) atoms. The molecule has 0 unspecified atom stereocenters. The molecule has 0 saturated heterocycles. The van der Waals surface area contributed by atoms with Crippen molar-refractivity contribution in [1.29, 1.82) is 0 Å². The van der Waals surface area contributed by atoms with Gasteiger partial charge in [-0.05, 0) is 0 Å². The summed E-state index contributed by atoms with van der Waals surface area (Å²) in [6, 6.07) is 0. The van der Waals surface area contributed by atoms with Crippen LogP contribution in [0.1, 0.15) is 34.6 Å². The van der Waals surface area contributed by atoms with Gasteiger partial charge in [0.05, 0.1) is 0 Å². The molecule has 0 aliphatic rings. The molecule has 0 heterocycles. The van der Waals surface area contributed by atoms with E-state index >= 15 is 0 Å². The van der Waals surface area contributed by atoms with Crippen LogP contribution < -0.4 is 24.8 Å². The molecule has 0 fully saturated rings. The predicted octanol–water partition coefficient (Wildman–Crippen LogP) is -2.88. The fourth-order valence-corrected chi connectivity index (χ4v) is 0.562. The van der Waals surface area contributed by atoms with Gasteiger partial charge in [-0.15, -0.1) is 13.8 Å². The smallest absolute Gasteiger partial charge is 1.00 e. The molecule has 0 N–H and O–H groups in total. The Kier molecular flexibility index (Phi) is 22.6. The summed E-state index contributed by atoms with van der Waals surface area (Å²) < 4.78 is 0. The largest absolute Gasteiger partial charge is 3.00 e. The fraction of sp³-hybridized carbons (Fsp3) is 0.556. The predicted molar refractivity (Wildman–Crippen MR) is 42.2 cm³/mol. The van der Waals surface area contributed by atoms with Crippen LogP contribution in [-0.2, 0) is 21.7 Å². The van der Waals surface area contributed by atoms with Crippen LogP contribution in [0.25, 0.3) is 0 Å². The molecule has 0 spiro atoms. The number of hydrogen-bond acceptors (Lipinski definition) is 0.